The number of hydrogen-bond acceptors (Lipinski definition) is 4. The normalized spacial score (nSPS) is 9.77. The van der Waals surface area contributed by atoms with Gasteiger partial charge in [0.05, 0.1) is 7.11 Å². The Hall–Kier alpha value is -1.36. The van der Waals surface area contributed by atoms with E-state index in [9.17, 15) is 4.79 Å². The molecule has 1 N–H and O–H groups in total. The van der Waals surface area contributed by atoms with Crippen LogP contribution in [0.2, 0.25) is 5.15 Å². The van der Waals surface area contributed by atoms with E-state index in [0.717, 1.165) is 0 Å². The van der Waals surface area contributed by atoms with E-state index < -0.39 is 5.97 Å². The van der Waals surface area contributed by atoms with Crippen LogP contribution in [-0.4, -0.2) is 28.2 Å². The minimum absolute atomic E-state index is 0.0231. The molecule has 1 rings (SSSR count). The fourth-order valence-corrected chi connectivity index (χ4v) is 1.13. The molecule has 0 atom stereocenters. The molecule has 1 aromatic rings. The highest BCUT2D eigenvalue weighted by Crippen LogP contribution is 2.22. The van der Waals surface area contributed by atoms with Gasteiger partial charge in [-0.05, 0) is 6.92 Å². The van der Waals surface area contributed by atoms with Gasteiger partial charge in [-0.15, -0.1) is 0 Å². The van der Waals surface area contributed by atoms with Gasteiger partial charge in [0.1, 0.15) is 5.82 Å². The summed E-state index contributed by atoms with van der Waals surface area (Å²) in [6.45, 7) is 1.60. The van der Waals surface area contributed by atoms with Crippen LogP contribution < -0.4 is 4.74 Å². The summed E-state index contributed by atoms with van der Waals surface area (Å²) < 4.78 is 4.75. The van der Waals surface area contributed by atoms with Crippen LogP contribution in [-0.2, 0) is 0 Å². The molecule has 0 radical (unpaired) electrons. The monoisotopic (exact) mass is 202 g/mol. The van der Waals surface area contributed by atoms with Gasteiger partial charge in [0.25, 0.3) is 0 Å². The summed E-state index contributed by atoms with van der Waals surface area (Å²) in [4.78, 5) is 18.1. The van der Waals surface area contributed by atoms with Crippen LogP contribution in [0.5, 0.6) is 5.88 Å². The van der Waals surface area contributed by atoms with Crippen LogP contribution in [0.1, 0.15) is 16.2 Å². The Bertz CT molecular complexity index is 354. The van der Waals surface area contributed by atoms with E-state index in [1.807, 2.05) is 0 Å². The zero-order valence-electron chi connectivity index (χ0n) is 7.04. The fraction of sp³-hybridized carbons (Fsp3) is 0.286. The summed E-state index contributed by atoms with van der Waals surface area (Å²) in [5, 5.41) is 8.61. The molecule has 0 saturated carbocycles. The van der Waals surface area contributed by atoms with E-state index in [-0.39, 0.29) is 16.6 Å². The minimum Gasteiger partial charge on any atom is -0.480 e. The largest absolute Gasteiger partial charge is 0.480 e. The lowest BCUT2D eigenvalue weighted by molar-refractivity contribution is 0.0692. The van der Waals surface area contributed by atoms with E-state index in [1.165, 1.54) is 7.11 Å². The zero-order chi connectivity index (χ0) is 10.0. The van der Waals surface area contributed by atoms with Gasteiger partial charge in [0.15, 0.2) is 10.7 Å². The number of halogens is 1. The van der Waals surface area contributed by atoms with E-state index in [1.54, 1.807) is 6.92 Å². The quantitative estimate of drug-likeness (QED) is 0.729. The number of carbonyl (C=O) groups is 1. The first-order valence-corrected chi connectivity index (χ1v) is 3.75. The highest BCUT2D eigenvalue weighted by molar-refractivity contribution is 6.32. The maximum absolute atomic E-state index is 10.7. The van der Waals surface area contributed by atoms with Crippen molar-refractivity contribution in [2.75, 3.05) is 7.11 Å². The molecule has 1 heterocycles. The Kier molecular flexibility index (Phi) is 2.67. The molecule has 0 aromatic carbocycles. The van der Waals surface area contributed by atoms with Crippen molar-refractivity contribution in [3.63, 3.8) is 0 Å². The molecule has 0 unspecified atom stereocenters. The van der Waals surface area contributed by atoms with Crippen molar-refractivity contribution >= 4 is 17.6 Å². The van der Waals surface area contributed by atoms with Crippen LogP contribution in [0.15, 0.2) is 0 Å². The average Bonchev–Trinajstić information content (AvgIpc) is 2.01. The zero-order valence-corrected chi connectivity index (χ0v) is 7.79. The fourth-order valence-electron chi connectivity index (χ4n) is 0.841. The number of aromatic nitrogens is 2. The highest BCUT2D eigenvalue weighted by Gasteiger charge is 2.18. The maximum atomic E-state index is 10.7. The first-order valence-electron chi connectivity index (χ1n) is 3.37. The summed E-state index contributed by atoms with van der Waals surface area (Å²) >= 11 is 5.60. The van der Waals surface area contributed by atoms with Crippen molar-refractivity contribution in [1.82, 2.24) is 9.97 Å². The lowest BCUT2D eigenvalue weighted by Gasteiger charge is -2.05. The van der Waals surface area contributed by atoms with Crippen molar-refractivity contribution in [1.29, 1.82) is 0 Å². The predicted octanol–water partition coefficient (Wildman–Crippen LogP) is 1.15. The van der Waals surface area contributed by atoms with Crippen molar-refractivity contribution in [3.05, 3.63) is 16.5 Å². The Morgan fingerprint density at radius 1 is 1.54 bits per heavy atom. The summed E-state index contributed by atoms with van der Waals surface area (Å²) in [7, 11) is 1.32. The third kappa shape index (κ3) is 1.86. The average molecular weight is 203 g/mol. The molecule has 0 aliphatic carbocycles. The molecule has 0 aliphatic rings. The van der Waals surface area contributed by atoms with E-state index >= 15 is 0 Å². The number of hydrogen-bond donors (Lipinski definition) is 1. The first-order chi connectivity index (χ1) is 6.06. The van der Waals surface area contributed by atoms with Gasteiger partial charge in [-0.25, -0.2) is 9.78 Å². The van der Waals surface area contributed by atoms with Crippen molar-refractivity contribution in [2.24, 2.45) is 0 Å². The molecule has 0 saturated heterocycles. The molecule has 1 aromatic heterocycles. The molecule has 0 aliphatic heterocycles. The first kappa shape index (κ1) is 9.73. The van der Waals surface area contributed by atoms with Crippen LogP contribution >= 0.6 is 11.6 Å². The number of ether oxygens (including phenoxy) is 1. The number of methoxy groups -OCH3 is 1. The lowest BCUT2D eigenvalue weighted by atomic mass is 10.3. The lowest BCUT2D eigenvalue weighted by Crippen LogP contribution is -2.06. The highest BCUT2D eigenvalue weighted by atomic mass is 35.5. The summed E-state index contributed by atoms with van der Waals surface area (Å²) in [6, 6.07) is 0. The van der Waals surface area contributed by atoms with Crippen LogP contribution in [0, 0.1) is 6.92 Å². The molecule has 0 amide bonds. The third-order valence-corrected chi connectivity index (χ3v) is 1.62. The van der Waals surface area contributed by atoms with Gasteiger partial charge < -0.3 is 9.84 Å². The molecule has 0 fully saturated rings. The second-order valence-electron chi connectivity index (χ2n) is 2.25. The number of aryl methyl sites for hydroxylation is 1. The Balaban J connectivity index is 3.38. The number of carboxylic acids is 1. The van der Waals surface area contributed by atoms with E-state index in [0.29, 0.717) is 5.82 Å². The Labute approximate surface area is 79.3 Å². The SMILES string of the molecule is COc1nc(C)nc(Cl)c1C(=O)O. The topological polar surface area (TPSA) is 72.3 Å². The summed E-state index contributed by atoms with van der Waals surface area (Å²) in [6.07, 6.45) is 0. The van der Waals surface area contributed by atoms with Crippen molar-refractivity contribution in [2.45, 2.75) is 6.92 Å². The van der Waals surface area contributed by atoms with Crippen LogP contribution in [0.3, 0.4) is 0 Å². The smallest absolute Gasteiger partial charge is 0.344 e. The predicted molar refractivity (Wildman–Crippen MR) is 45.3 cm³/mol. The van der Waals surface area contributed by atoms with Gasteiger partial charge in [0, 0.05) is 0 Å². The summed E-state index contributed by atoms with van der Waals surface area (Å²) in [5.74, 6) is -0.862. The van der Waals surface area contributed by atoms with Crippen molar-refractivity contribution in [3.8, 4) is 5.88 Å². The molecule has 0 spiro atoms. The Morgan fingerprint density at radius 3 is 2.62 bits per heavy atom. The standard InChI is InChI=1S/C7H7ClN2O3/c1-3-9-5(8)4(7(11)12)6(10-3)13-2/h1-2H3,(H,11,12). The van der Waals surface area contributed by atoms with Crippen molar-refractivity contribution < 1.29 is 14.6 Å². The third-order valence-electron chi connectivity index (χ3n) is 1.35. The van der Waals surface area contributed by atoms with E-state index in [4.69, 9.17) is 21.4 Å². The van der Waals surface area contributed by atoms with Gasteiger partial charge in [0.2, 0.25) is 5.88 Å². The molecule has 6 heteroatoms. The van der Waals surface area contributed by atoms with Gasteiger partial charge in [-0.3, -0.25) is 0 Å². The van der Waals surface area contributed by atoms with Gasteiger partial charge in [-0.2, -0.15) is 4.98 Å². The maximum Gasteiger partial charge on any atom is 0.344 e. The number of nitrogens with zero attached hydrogens (tertiary/aromatic N) is 2. The second kappa shape index (κ2) is 3.57. The molecular weight excluding hydrogens is 196 g/mol. The van der Waals surface area contributed by atoms with Gasteiger partial charge in [-0.1, -0.05) is 11.6 Å². The summed E-state index contributed by atoms with van der Waals surface area (Å²) in [5.41, 5.74) is -0.213. The number of aromatic carboxylic acids is 1. The second-order valence-corrected chi connectivity index (χ2v) is 2.61. The molecular formula is C7H7ClN2O3. The number of rotatable bonds is 2. The minimum atomic E-state index is -1.21. The number of carboxylic acid groups (broad SMARTS) is 1. The molecule has 5 nitrogen and oxygen atoms in total. The molecule has 13 heavy (non-hydrogen) atoms. The molecule has 70 valence electrons. The van der Waals surface area contributed by atoms with Gasteiger partial charge >= 0.3 is 5.97 Å². The van der Waals surface area contributed by atoms with E-state index in [2.05, 4.69) is 9.97 Å². The van der Waals surface area contributed by atoms with Crippen LogP contribution in [0.25, 0.3) is 0 Å². The Morgan fingerprint density at radius 2 is 2.15 bits per heavy atom. The van der Waals surface area contributed by atoms with Crippen LogP contribution in [0.4, 0.5) is 0 Å². The molecule has 0 bridgehead atoms.